The Morgan fingerprint density at radius 1 is 1.07 bits per heavy atom. The maximum absolute atomic E-state index is 12.6. The summed E-state index contributed by atoms with van der Waals surface area (Å²) in [4.78, 5) is 43.4. The molecule has 0 saturated carbocycles. The Labute approximate surface area is 170 Å². The van der Waals surface area contributed by atoms with E-state index in [0.717, 1.165) is 32.7 Å². The van der Waals surface area contributed by atoms with Crippen LogP contribution in [-0.2, 0) is 14.3 Å². The van der Waals surface area contributed by atoms with Gasteiger partial charge in [0.15, 0.2) is 0 Å². The summed E-state index contributed by atoms with van der Waals surface area (Å²) in [7, 11) is 1.40. The number of hydrogen-bond donors (Lipinski definition) is 0. The van der Waals surface area contributed by atoms with Crippen LogP contribution in [0.5, 0.6) is 0 Å². The maximum atomic E-state index is 12.6. The van der Waals surface area contributed by atoms with Gasteiger partial charge in [-0.1, -0.05) is 12.1 Å². The molecule has 29 heavy (non-hydrogen) atoms. The van der Waals surface area contributed by atoms with Crippen LogP contribution in [0.2, 0.25) is 0 Å². The molecule has 2 amide bonds. The number of rotatable bonds is 5. The highest BCUT2D eigenvalue weighted by molar-refractivity contribution is 6.21. The molecule has 4 rings (SSSR count). The lowest BCUT2D eigenvalue weighted by Gasteiger charge is -2.43. The van der Waals surface area contributed by atoms with E-state index in [2.05, 4.69) is 9.80 Å². The van der Waals surface area contributed by atoms with Crippen LogP contribution in [0.15, 0.2) is 24.3 Å². The van der Waals surface area contributed by atoms with Crippen LogP contribution in [0.3, 0.4) is 0 Å². The van der Waals surface area contributed by atoms with Crippen molar-refractivity contribution in [3.8, 4) is 0 Å². The van der Waals surface area contributed by atoms with E-state index in [0.29, 0.717) is 36.7 Å². The Balaban J connectivity index is 1.44. The van der Waals surface area contributed by atoms with Crippen molar-refractivity contribution < 1.29 is 23.9 Å². The first-order chi connectivity index (χ1) is 14.1. The second-order valence-electron chi connectivity index (χ2n) is 7.72. The maximum Gasteiger partial charge on any atom is 0.323 e. The summed E-state index contributed by atoms with van der Waals surface area (Å²) in [6.07, 6.45) is 1.63. The van der Waals surface area contributed by atoms with E-state index in [1.54, 1.807) is 24.3 Å². The third-order valence-corrected chi connectivity index (χ3v) is 6.18. The number of esters is 1. The first-order valence-electron chi connectivity index (χ1n) is 10.2. The van der Waals surface area contributed by atoms with E-state index in [4.69, 9.17) is 9.47 Å². The molecule has 0 bridgehead atoms. The molecule has 1 aromatic rings. The molecule has 1 aromatic carbocycles. The van der Waals surface area contributed by atoms with Crippen molar-refractivity contribution in [3.63, 3.8) is 0 Å². The average molecular weight is 401 g/mol. The molecular formula is C21H27N3O5. The highest BCUT2D eigenvalue weighted by Crippen LogP contribution is 2.25. The van der Waals surface area contributed by atoms with Crippen LogP contribution in [-0.4, -0.2) is 97.6 Å². The molecule has 2 atom stereocenters. The molecule has 8 nitrogen and oxygen atoms in total. The average Bonchev–Trinajstić information content (AvgIpc) is 3.02. The van der Waals surface area contributed by atoms with Crippen LogP contribution < -0.4 is 0 Å². The number of carbonyl (C=O) groups excluding carboxylic acids is 3. The highest BCUT2D eigenvalue weighted by atomic mass is 16.5. The molecule has 3 aliphatic rings. The van der Waals surface area contributed by atoms with Crippen LogP contribution in [0.1, 0.15) is 33.6 Å². The van der Waals surface area contributed by atoms with E-state index in [9.17, 15) is 14.4 Å². The standard InChI is InChI=1S/C21H27N3O5/c1-28-21(27)18-7-6-15(22-10-12-29-13-11-22)14-23(18)8-9-24-19(25)16-4-2-3-5-17(16)20(24)26/h2-5,15,18H,6-14H2,1H3/t15?,18-/m0/s1. The summed E-state index contributed by atoms with van der Waals surface area (Å²) in [5.41, 5.74) is 0.902. The Kier molecular flexibility index (Phi) is 5.94. The zero-order valence-electron chi connectivity index (χ0n) is 16.7. The van der Waals surface area contributed by atoms with Crippen molar-refractivity contribution in [2.24, 2.45) is 0 Å². The second-order valence-corrected chi connectivity index (χ2v) is 7.72. The van der Waals surface area contributed by atoms with Crippen LogP contribution in [0, 0.1) is 0 Å². The Morgan fingerprint density at radius 3 is 2.34 bits per heavy atom. The molecule has 0 aliphatic carbocycles. The molecular weight excluding hydrogens is 374 g/mol. The first kappa shape index (κ1) is 20.0. The highest BCUT2D eigenvalue weighted by Gasteiger charge is 2.39. The fourth-order valence-electron chi connectivity index (χ4n) is 4.58. The van der Waals surface area contributed by atoms with Gasteiger partial charge in [-0.2, -0.15) is 0 Å². The van der Waals surface area contributed by atoms with Gasteiger partial charge in [0.25, 0.3) is 11.8 Å². The van der Waals surface area contributed by atoms with Gasteiger partial charge in [0, 0.05) is 38.8 Å². The summed E-state index contributed by atoms with van der Waals surface area (Å²) in [5, 5.41) is 0. The lowest BCUT2D eigenvalue weighted by Crippen LogP contribution is -2.57. The lowest BCUT2D eigenvalue weighted by molar-refractivity contribution is -0.149. The molecule has 0 aromatic heterocycles. The first-order valence-corrected chi connectivity index (χ1v) is 10.2. The van der Waals surface area contributed by atoms with E-state index in [-0.39, 0.29) is 30.4 Å². The predicted molar refractivity (Wildman–Crippen MR) is 105 cm³/mol. The molecule has 3 aliphatic heterocycles. The molecule has 2 saturated heterocycles. The number of amides is 2. The van der Waals surface area contributed by atoms with Gasteiger partial charge in [0.2, 0.25) is 0 Å². The van der Waals surface area contributed by atoms with Crippen molar-refractivity contribution >= 4 is 17.8 Å². The van der Waals surface area contributed by atoms with Gasteiger partial charge < -0.3 is 9.47 Å². The van der Waals surface area contributed by atoms with Gasteiger partial charge in [0.1, 0.15) is 6.04 Å². The molecule has 0 spiro atoms. The van der Waals surface area contributed by atoms with Crippen molar-refractivity contribution in [1.82, 2.24) is 14.7 Å². The number of imide groups is 1. The molecule has 0 N–H and O–H groups in total. The fraction of sp³-hybridized carbons (Fsp3) is 0.571. The topological polar surface area (TPSA) is 79.4 Å². The molecule has 2 fully saturated rings. The number of carbonyl (C=O) groups is 3. The second kappa shape index (κ2) is 8.61. The number of likely N-dealkylation sites (tertiary alicyclic amines) is 1. The normalized spacial score (nSPS) is 25.9. The van der Waals surface area contributed by atoms with Gasteiger partial charge in [0.05, 0.1) is 31.5 Å². The van der Waals surface area contributed by atoms with Crippen LogP contribution in [0.4, 0.5) is 0 Å². The van der Waals surface area contributed by atoms with E-state index < -0.39 is 0 Å². The quantitative estimate of drug-likeness (QED) is 0.529. The van der Waals surface area contributed by atoms with Gasteiger partial charge in [-0.25, -0.2) is 0 Å². The number of ether oxygens (including phenoxy) is 2. The number of hydrogen-bond acceptors (Lipinski definition) is 7. The summed E-state index contributed by atoms with van der Waals surface area (Å²) < 4.78 is 10.5. The molecule has 156 valence electrons. The van der Waals surface area contributed by atoms with Gasteiger partial charge in [-0.05, 0) is 25.0 Å². The fourth-order valence-corrected chi connectivity index (χ4v) is 4.58. The molecule has 0 radical (unpaired) electrons. The minimum atomic E-state index is -0.340. The van der Waals surface area contributed by atoms with Crippen molar-refractivity contribution in [3.05, 3.63) is 35.4 Å². The Hall–Kier alpha value is -2.29. The third-order valence-electron chi connectivity index (χ3n) is 6.18. The van der Waals surface area contributed by atoms with Crippen molar-refractivity contribution in [1.29, 1.82) is 0 Å². The van der Waals surface area contributed by atoms with E-state index >= 15 is 0 Å². The minimum Gasteiger partial charge on any atom is -0.468 e. The van der Waals surface area contributed by atoms with Crippen molar-refractivity contribution in [2.75, 3.05) is 53.0 Å². The molecule has 8 heteroatoms. The molecule has 3 heterocycles. The zero-order valence-corrected chi connectivity index (χ0v) is 16.7. The number of morpholine rings is 1. The zero-order chi connectivity index (χ0) is 20.4. The van der Waals surface area contributed by atoms with Gasteiger partial charge in [-0.3, -0.25) is 29.1 Å². The van der Waals surface area contributed by atoms with Crippen molar-refractivity contribution in [2.45, 2.75) is 24.9 Å². The summed E-state index contributed by atoms with van der Waals surface area (Å²) in [6, 6.07) is 6.88. The van der Waals surface area contributed by atoms with Gasteiger partial charge in [-0.15, -0.1) is 0 Å². The third kappa shape index (κ3) is 3.92. The number of fused-ring (bicyclic) bond motifs is 1. The summed E-state index contributed by atoms with van der Waals surface area (Å²) >= 11 is 0. The smallest absolute Gasteiger partial charge is 0.323 e. The number of piperidine rings is 1. The monoisotopic (exact) mass is 401 g/mol. The minimum absolute atomic E-state index is 0.257. The summed E-state index contributed by atoms with van der Waals surface area (Å²) in [5.74, 6) is -0.781. The van der Waals surface area contributed by atoms with Crippen LogP contribution in [0.25, 0.3) is 0 Å². The SMILES string of the molecule is COC(=O)[C@@H]1CCC(N2CCOCC2)CN1CCN1C(=O)c2ccccc2C1=O. The van der Waals surface area contributed by atoms with Crippen LogP contribution >= 0.6 is 0 Å². The Morgan fingerprint density at radius 2 is 1.72 bits per heavy atom. The van der Waals surface area contributed by atoms with E-state index in [1.165, 1.54) is 12.0 Å². The summed E-state index contributed by atoms with van der Waals surface area (Å²) in [6.45, 7) is 4.65. The number of nitrogens with zero attached hydrogens (tertiary/aromatic N) is 3. The largest absolute Gasteiger partial charge is 0.468 e. The van der Waals surface area contributed by atoms with Gasteiger partial charge >= 0.3 is 5.97 Å². The number of methoxy groups -OCH3 is 1. The van der Waals surface area contributed by atoms with E-state index in [1.807, 2.05) is 0 Å². The Bertz CT molecular complexity index is 757. The lowest BCUT2D eigenvalue weighted by atomic mass is 9.96. The predicted octanol–water partition coefficient (Wildman–Crippen LogP) is 0.621. The molecule has 1 unspecified atom stereocenters. The number of benzene rings is 1.